The summed E-state index contributed by atoms with van der Waals surface area (Å²) < 4.78 is 7.12. The maximum Gasteiger partial charge on any atom is 0.151 e. The van der Waals surface area contributed by atoms with Crippen molar-refractivity contribution in [1.82, 2.24) is 14.5 Å². The molecule has 4 rings (SSSR count). The van der Waals surface area contributed by atoms with Gasteiger partial charge in [0.1, 0.15) is 11.4 Å². The topological polar surface area (TPSA) is 47.4 Å². The van der Waals surface area contributed by atoms with Crippen molar-refractivity contribution < 1.29 is 9.53 Å². The minimum Gasteiger partial charge on any atom is -0.497 e. The van der Waals surface area contributed by atoms with Crippen LogP contribution in [0.5, 0.6) is 5.75 Å². The predicted octanol–water partition coefficient (Wildman–Crippen LogP) is 5.86. The number of hydrogen-bond acceptors (Lipinski definition) is 4. The third-order valence-electron chi connectivity index (χ3n) is 5.98. The van der Waals surface area contributed by atoms with Crippen molar-refractivity contribution >= 4 is 17.3 Å². The normalized spacial score (nSPS) is 15.3. The van der Waals surface area contributed by atoms with E-state index in [0.29, 0.717) is 5.56 Å². The summed E-state index contributed by atoms with van der Waals surface area (Å²) in [5, 5.41) is 0.945. The summed E-state index contributed by atoms with van der Waals surface area (Å²) in [4.78, 5) is 17.5. The predicted molar refractivity (Wildman–Crippen MR) is 136 cm³/mol. The van der Waals surface area contributed by atoms with Gasteiger partial charge in [-0.05, 0) is 87.8 Å². The summed E-state index contributed by atoms with van der Waals surface area (Å²) in [6.45, 7) is 8.28. The lowest BCUT2D eigenvalue weighted by molar-refractivity contribution is 0.112. The fourth-order valence-electron chi connectivity index (χ4n) is 4.05. The first kappa shape index (κ1) is 24.2. The fraction of sp³-hybridized carbons (Fsp3) is 0.286. The zero-order valence-electron chi connectivity index (χ0n) is 19.8. The van der Waals surface area contributed by atoms with Gasteiger partial charge >= 0.3 is 0 Å². The first-order chi connectivity index (χ1) is 16.1. The number of piperidine rings is 1. The van der Waals surface area contributed by atoms with E-state index in [1.165, 1.54) is 31.5 Å². The summed E-state index contributed by atoms with van der Waals surface area (Å²) in [6.07, 6.45) is 15.2. The zero-order valence-corrected chi connectivity index (χ0v) is 19.8. The monoisotopic (exact) mass is 443 g/mol. The number of pyridine rings is 1. The van der Waals surface area contributed by atoms with Crippen LogP contribution in [-0.4, -0.2) is 48.0 Å². The van der Waals surface area contributed by atoms with Crippen LogP contribution in [-0.2, 0) is 0 Å². The van der Waals surface area contributed by atoms with E-state index in [1.807, 2.05) is 59.3 Å². The van der Waals surface area contributed by atoms with E-state index in [-0.39, 0.29) is 0 Å². The number of carbonyl (C=O) groups is 1. The lowest BCUT2D eigenvalue weighted by atomic mass is 9.89. The first-order valence-electron chi connectivity index (χ1n) is 11.3. The third-order valence-corrected chi connectivity index (χ3v) is 5.98. The molecule has 3 heterocycles. The highest BCUT2D eigenvalue weighted by Crippen LogP contribution is 2.25. The van der Waals surface area contributed by atoms with Crippen LogP contribution in [0.2, 0.25) is 0 Å². The minimum absolute atomic E-state index is 0.583. The van der Waals surface area contributed by atoms with E-state index in [0.717, 1.165) is 34.7 Å². The molecule has 0 radical (unpaired) electrons. The molecule has 172 valence electrons. The summed E-state index contributed by atoms with van der Waals surface area (Å²) in [5.74, 6) is 1.57. The number of fused-ring (bicyclic) bond motifs is 1. The zero-order chi connectivity index (χ0) is 23.6. The molecule has 0 amide bonds. The molecular formula is C28H33N3O2. The van der Waals surface area contributed by atoms with Crippen LogP contribution >= 0.6 is 0 Å². The Labute approximate surface area is 196 Å². The molecule has 0 spiro atoms. The van der Waals surface area contributed by atoms with E-state index in [4.69, 9.17) is 4.74 Å². The number of benzene rings is 1. The second-order valence-electron chi connectivity index (χ2n) is 8.14. The lowest BCUT2D eigenvalue weighted by Crippen LogP contribution is -2.30. The number of aromatic nitrogens is 2. The van der Waals surface area contributed by atoms with Gasteiger partial charge in [-0.2, -0.15) is 0 Å². The molecule has 0 saturated carbocycles. The molecular weight excluding hydrogens is 410 g/mol. The van der Waals surface area contributed by atoms with Gasteiger partial charge in [0.05, 0.1) is 7.11 Å². The molecule has 33 heavy (non-hydrogen) atoms. The molecule has 1 aliphatic heterocycles. The number of carbonyl (C=O) groups excluding carboxylic acids is 1. The highest BCUT2D eigenvalue weighted by Gasteiger charge is 2.18. The highest BCUT2D eigenvalue weighted by atomic mass is 16.5. The molecule has 0 aliphatic carbocycles. The van der Waals surface area contributed by atoms with Gasteiger partial charge in [-0.25, -0.2) is 4.98 Å². The van der Waals surface area contributed by atoms with Crippen LogP contribution in [0.1, 0.15) is 30.1 Å². The van der Waals surface area contributed by atoms with Gasteiger partial charge in [-0.1, -0.05) is 30.9 Å². The molecule has 1 aromatic carbocycles. The Kier molecular flexibility index (Phi) is 8.79. The summed E-state index contributed by atoms with van der Waals surface area (Å²) in [7, 11) is 3.84. The van der Waals surface area contributed by atoms with Gasteiger partial charge in [0, 0.05) is 29.0 Å². The van der Waals surface area contributed by atoms with Crippen molar-refractivity contribution in [2.45, 2.75) is 19.8 Å². The van der Waals surface area contributed by atoms with Crippen molar-refractivity contribution in [2.75, 3.05) is 27.2 Å². The van der Waals surface area contributed by atoms with Crippen LogP contribution in [0, 0.1) is 5.92 Å². The van der Waals surface area contributed by atoms with E-state index in [1.54, 1.807) is 13.3 Å². The number of allylic oxidation sites excluding steroid dienone is 5. The maximum absolute atomic E-state index is 10.7. The number of likely N-dealkylation sites (tertiary alicyclic amines) is 1. The van der Waals surface area contributed by atoms with Crippen LogP contribution in [0.25, 0.3) is 16.7 Å². The number of rotatable bonds is 6. The quantitative estimate of drug-likeness (QED) is 0.353. The molecule has 0 unspecified atom stereocenters. The van der Waals surface area contributed by atoms with Crippen LogP contribution in [0.15, 0.2) is 85.2 Å². The Morgan fingerprint density at radius 1 is 1.18 bits per heavy atom. The van der Waals surface area contributed by atoms with Crippen molar-refractivity contribution in [3.05, 3.63) is 90.8 Å². The SMILES string of the molecule is C=C/C=C\C(=C/C)C1CCN(C)CC1.COc1ccc(-n2ccc3cc(C=O)cnc32)cc1. The molecule has 0 atom stereocenters. The Balaban J connectivity index is 0.000000196. The number of ether oxygens (including phenoxy) is 1. The largest absolute Gasteiger partial charge is 0.497 e. The maximum atomic E-state index is 10.7. The summed E-state index contributed by atoms with van der Waals surface area (Å²) in [5.41, 5.74) is 3.89. The molecule has 0 bridgehead atoms. The Hall–Kier alpha value is -3.44. The second kappa shape index (κ2) is 12.0. The van der Waals surface area contributed by atoms with Gasteiger partial charge in [0.25, 0.3) is 0 Å². The van der Waals surface area contributed by atoms with Crippen LogP contribution in [0.3, 0.4) is 0 Å². The average Bonchev–Trinajstić information content (AvgIpc) is 3.29. The minimum atomic E-state index is 0.583. The van der Waals surface area contributed by atoms with Gasteiger partial charge in [-0.15, -0.1) is 0 Å². The number of methoxy groups -OCH3 is 1. The Morgan fingerprint density at radius 2 is 1.91 bits per heavy atom. The Bertz CT molecular complexity index is 1120. The molecule has 2 aromatic heterocycles. The molecule has 1 saturated heterocycles. The third kappa shape index (κ3) is 6.30. The summed E-state index contributed by atoms with van der Waals surface area (Å²) >= 11 is 0. The van der Waals surface area contributed by atoms with Crippen LogP contribution < -0.4 is 4.74 Å². The highest BCUT2D eigenvalue weighted by molar-refractivity contribution is 5.85. The Morgan fingerprint density at radius 3 is 2.52 bits per heavy atom. The second-order valence-corrected chi connectivity index (χ2v) is 8.14. The number of nitrogens with zero attached hydrogens (tertiary/aromatic N) is 3. The molecule has 5 heteroatoms. The molecule has 1 fully saturated rings. The van der Waals surface area contributed by atoms with Crippen molar-refractivity contribution in [1.29, 1.82) is 0 Å². The summed E-state index contributed by atoms with van der Waals surface area (Å²) in [6, 6.07) is 11.5. The molecule has 1 aliphatic rings. The lowest BCUT2D eigenvalue weighted by Gasteiger charge is -2.29. The van der Waals surface area contributed by atoms with E-state index < -0.39 is 0 Å². The van der Waals surface area contributed by atoms with Crippen molar-refractivity contribution in [3.63, 3.8) is 0 Å². The van der Waals surface area contributed by atoms with Gasteiger partial charge in [0.15, 0.2) is 6.29 Å². The van der Waals surface area contributed by atoms with Gasteiger partial charge in [0.2, 0.25) is 0 Å². The average molecular weight is 444 g/mol. The standard InChI is InChI=1S/C15H12N2O2.C13H21N/c1-19-14-4-2-13(3-5-14)17-7-6-12-8-11(10-18)9-16-15(12)17;1-4-6-7-12(5-2)13-8-10-14(3)11-9-13/h2-10H,1H3;4-7,13H,1,8-11H2,2-3H3/b;7-6-,12-5+. The molecule has 0 N–H and O–H groups in total. The fourth-order valence-corrected chi connectivity index (χ4v) is 4.05. The van der Waals surface area contributed by atoms with Gasteiger partial charge < -0.3 is 14.2 Å². The van der Waals surface area contributed by atoms with Gasteiger partial charge in [-0.3, -0.25) is 4.79 Å². The van der Waals surface area contributed by atoms with E-state index in [2.05, 4.69) is 42.6 Å². The number of aldehydes is 1. The van der Waals surface area contributed by atoms with E-state index >= 15 is 0 Å². The smallest absolute Gasteiger partial charge is 0.151 e. The molecule has 3 aromatic rings. The number of hydrogen-bond donors (Lipinski definition) is 0. The van der Waals surface area contributed by atoms with Crippen molar-refractivity contribution in [2.24, 2.45) is 5.92 Å². The van der Waals surface area contributed by atoms with Crippen molar-refractivity contribution in [3.8, 4) is 11.4 Å². The molecule has 5 nitrogen and oxygen atoms in total. The van der Waals surface area contributed by atoms with E-state index in [9.17, 15) is 4.79 Å². The van der Waals surface area contributed by atoms with Crippen LogP contribution in [0.4, 0.5) is 0 Å². The first-order valence-corrected chi connectivity index (χ1v) is 11.3.